The molecule has 1 aromatic rings. The third-order valence-electron chi connectivity index (χ3n) is 4.38. The molecular weight excluding hydrogens is 260 g/mol. The molecule has 1 saturated heterocycles. The summed E-state index contributed by atoms with van der Waals surface area (Å²) < 4.78 is 0. The molecule has 1 aliphatic heterocycles. The highest BCUT2D eigenvalue weighted by Crippen LogP contribution is 2.37. The van der Waals surface area contributed by atoms with Crippen molar-refractivity contribution >= 4 is 17.3 Å². The Balaban J connectivity index is 2.07. The van der Waals surface area contributed by atoms with Gasteiger partial charge in [-0.2, -0.15) is 0 Å². The van der Waals surface area contributed by atoms with Crippen molar-refractivity contribution in [2.24, 2.45) is 11.3 Å². The van der Waals surface area contributed by atoms with Crippen LogP contribution in [0.15, 0.2) is 11.6 Å². The average Bonchev–Trinajstić information content (AvgIpc) is 2.91. The normalized spacial score (nSPS) is 23.2. The van der Waals surface area contributed by atoms with Crippen LogP contribution in [0.3, 0.4) is 0 Å². The Morgan fingerprint density at radius 2 is 2.37 bits per heavy atom. The van der Waals surface area contributed by atoms with E-state index in [0.29, 0.717) is 0 Å². The van der Waals surface area contributed by atoms with E-state index in [-0.39, 0.29) is 12.0 Å². The van der Waals surface area contributed by atoms with Gasteiger partial charge in [-0.05, 0) is 46.1 Å². The van der Waals surface area contributed by atoms with Gasteiger partial charge in [0.05, 0.1) is 11.5 Å². The van der Waals surface area contributed by atoms with Crippen LogP contribution in [0.4, 0.5) is 0 Å². The Morgan fingerprint density at radius 1 is 1.63 bits per heavy atom. The van der Waals surface area contributed by atoms with Crippen LogP contribution in [0.25, 0.3) is 0 Å². The van der Waals surface area contributed by atoms with E-state index in [4.69, 9.17) is 0 Å². The molecule has 1 aliphatic rings. The van der Waals surface area contributed by atoms with Crippen molar-refractivity contribution in [1.82, 2.24) is 9.88 Å². The summed E-state index contributed by atoms with van der Waals surface area (Å²) in [7, 11) is 0. The van der Waals surface area contributed by atoms with E-state index in [2.05, 4.69) is 16.8 Å². The molecule has 0 aliphatic carbocycles. The molecule has 2 atom stereocenters. The zero-order chi connectivity index (χ0) is 14.0. The minimum absolute atomic E-state index is 0.209. The van der Waals surface area contributed by atoms with Crippen molar-refractivity contribution in [2.75, 3.05) is 13.1 Å². The molecule has 1 N–H and O–H groups in total. The van der Waals surface area contributed by atoms with E-state index in [0.717, 1.165) is 30.9 Å². The molecule has 0 radical (unpaired) electrons. The van der Waals surface area contributed by atoms with Crippen LogP contribution < -0.4 is 0 Å². The van der Waals surface area contributed by atoms with E-state index < -0.39 is 11.4 Å². The molecule has 0 spiro atoms. The zero-order valence-corrected chi connectivity index (χ0v) is 12.6. The van der Waals surface area contributed by atoms with Crippen molar-refractivity contribution in [1.29, 1.82) is 0 Å². The first-order valence-corrected chi connectivity index (χ1v) is 7.67. The van der Waals surface area contributed by atoms with E-state index >= 15 is 0 Å². The predicted octanol–water partition coefficient (Wildman–Crippen LogP) is 3.03. The first-order valence-electron chi connectivity index (χ1n) is 6.79. The molecule has 0 saturated carbocycles. The summed E-state index contributed by atoms with van der Waals surface area (Å²) in [4.78, 5) is 18.1. The molecule has 2 heterocycles. The first kappa shape index (κ1) is 14.5. The molecule has 1 aromatic heterocycles. The van der Waals surface area contributed by atoms with Gasteiger partial charge < -0.3 is 5.11 Å². The van der Waals surface area contributed by atoms with Crippen molar-refractivity contribution in [2.45, 2.75) is 39.7 Å². The largest absolute Gasteiger partial charge is 0.481 e. The Bertz CT molecular complexity index is 431. The fourth-order valence-electron chi connectivity index (χ4n) is 2.72. The minimum atomic E-state index is -0.693. The van der Waals surface area contributed by atoms with Crippen molar-refractivity contribution in [3.05, 3.63) is 16.6 Å². The highest BCUT2D eigenvalue weighted by Gasteiger charge is 2.40. The Hall–Kier alpha value is -0.940. The number of carbonyl (C=O) groups is 1. The van der Waals surface area contributed by atoms with Gasteiger partial charge in [-0.15, -0.1) is 11.3 Å². The lowest BCUT2D eigenvalue weighted by Crippen LogP contribution is -2.45. The highest BCUT2D eigenvalue weighted by atomic mass is 32.1. The second-order valence-corrected chi connectivity index (χ2v) is 6.83. The predicted molar refractivity (Wildman–Crippen MR) is 76.2 cm³/mol. The molecule has 1 fully saturated rings. The van der Waals surface area contributed by atoms with Gasteiger partial charge in [-0.1, -0.05) is 0 Å². The number of carboxylic acid groups (broad SMARTS) is 1. The van der Waals surface area contributed by atoms with Gasteiger partial charge in [0.15, 0.2) is 0 Å². The summed E-state index contributed by atoms with van der Waals surface area (Å²) in [6.07, 6.45) is 3.90. The maximum atomic E-state index is 11.4. The fourth-order valence-corrected chi connectivity index (χ4v) is 3.45. The van der Waals surface area contributed by atoms with Gasteiger partial charge in [-0.25, -0.2) is 4.98 Å². The molecule has 106 valence electrons. The van der Waals surface area contributed by atoms with Crippen LogP contribution in [-0.4, -0.2) is 34.0 Å². The highest BCUT2D eigenvalue weighted by molar-refractivity contribution is 7.09. The zero-order valence-electron chi connectivity index (χ0n) is 11.8. The van der Waals surface area contributed by atoms with Crippen molar-refractivity contribution in [3.63, 3.8) is 0 Å². The van der Waals surface area contributed by atoms with Gasteiger partial charge in [0.25, 0.3) is 0 Å². The smallest absolute Gasteiger partial charge is 0.309 e. The van der Waals surface area contributed by atoms with Gasteiger partial charge in [0.1, 0.15) is 5.01 Å². The average molecular weight is 282 g/mol. The fraction of sp³-hybridized carbons (Fsp3) is 0.714. The summed E-state index contributed by atoms with van der Waals surface area (Å²) >= 11 is 1.67. The molecule has 0 amide bonds. The van der Waals surface area contributed by atoms with Crippen molar-refractivity contribution < 1.29 is 9.90 Å². The van der Waals surface area contributed by atoms with E-state index in [1.165, 1.54) is 0 Å². The quantitative estimate of drug-likeness (QED) is 0.922. The van der Waals surface area contributed by atoms with E-state index in [1.807, 2.05) is 25.4 Å². The number of aromatic nitrogens is 1. The van der Waals surface area contributed by atoms with E-state index in [9.17, 15) is 9.90 Å². The summed E-state index contributed by atoms with van der Waals surface area (Å²) in [6, 6.07) is 0.285. The molecule has 2 unspecified atom stereocenters. The summed E-state index contributed by atoms with van der Waals surface area (Å²) in [5.74, 6) is -0.484. The van der Waals surface area contributed by atoms with Crippen LogP contribution in [0, 0.1) is 11.3 Å². The third-order valence-corrected chi connectivity index (χ3v) is 5.33. The first-order chi connectivity index (χ1) is 8.93. The number of nitrogens with zero attached hydrogens (tertiary/aromatic N) is 2. The van der Waals surface area contributed by atoms with Gasteiger partial charge >= 0.3 is 5.97 Å². The van der Waals surface area contributed by atoms with Crippen LogP contribution in [0.1, 0.15) is 44.7 Å². The second-order valence-electron chi connectivity index (χ2n) is 5.91. The monoisotopic (exact) mass is 282 g/mol. The Morgan fingerprint density at radius 3 is 2.95 bits per heavy atom. The van der Waals surface area contributed by atoms with Crippen LogP contribution in [0.5, 0.6) is 0 Å². The lowest BCUT2D eigenvalue weighted by Gasteiger charge is -2.41. The number of hydrogen-bond donors (Lipinski definition) is 1. The molecular formula is C14H22N2O2S. The number of piperidine rings is 1. The van der Waals surface area contributed by atoms with Gasteiger partial charge in [0, 0.05) is 18.1 Å². The number of thiazole rings is 1. The molecule has 2 rings (SSSR count). The Labute approximate surface area is 118 Å². The molecule has 0 aromatic carbocycles. The number of rotatable bonds is 4. The van der Waals surface area contributed by atoms with Gasteiger partial charge in [-0.3, -0.25) is 9.69 Å². The maximum absolute atomic E-state index is 11.4. The Kier molecular flexibility index (Phi) is 4.26. The number of likely N-dealkylation sites (tertiary alicyclic amines) is 1. The molecule has 0 bridgehead atoms. The third kappa shape index (κ3) is 2.98. The number of carboxylic acids is 1. The standard InChI is InChI=1S/C14H22N2O2S/c1-10(12-15-6-8-19-12)16-7-4-5-11(9-16)14(2,3)13(17)18/h6,8,10-11H,4-5,7,9H2,1-3H3,(H,17,18). The molecule has 4 nitrogen and oxygen atoms in total. The van der Waals surface area contributed by atoms with Crippen LogP contribution >= 0.6 is 11.3 Å². The summed E-state index contributed by atoms with van der Waals surface area (Å²) in [6.45, 7) is 7.73. The van der Waals surface area contributed by atoms with Crippen LogP contribution in [-0.2, 0) is 4.79 Å². The maximum Gasteiger partial charge on any atom is 0.309 e. The van der Waals surface area contributed by atoms with E-state index in [1.54, 1.807) is 11.3 Å². The second kappa shape index (κ2) is 5.59. The minimum Gasteiger partial charge on any atom is -0.481 e. The van der Waals surface area contributed by atoms with Crippen LogP contribution in [0.2, 0.25) is 0 Å². The molecule has 5 heteroatoms. The number of hydrogen-bond acceptors (Lipinski definition) is 4. The van der Waals surface area contributed by atoms with Gasteiger partial charge in [0.2, 0.25) is 0 Å². The lowest BCUT2D eigenvalue weighted by atomic mass is 9.74. The SMILES string of the molecule is CC(c1nccs1)N1CCCC(C(C)(C)C(=O)O)C1. The molecule has 19 heavy (non-hydrogen) atoms. The topological polar surface area (TPSA) is 53.4 Å². The number of aliphatic carboxylic acids is 1. The summed E-state index contributed by atoms with van der Waals surface area (Å²) in [5.41, 5.74) is -0.652. The van der Waals surface area contributed by atoms with Crippen molar-refractivity contribution in [3.8, 4) is 0 Å². The summed E-state index contributed by atoms with van der Waals surface area (Å²) in [5, 5.41) is 12.5. The lowest BCUT2D eigenvalue weighted by molar-refractivity contribution is -0.151.